The van der Waals surface area contributed by atoms with Crippen molar-refractivity contribution >= 4 is 55.4 Å². The summed E-state index contributed by atoms with van der Waals surface area (Å²) >= 11 is 0. The number of H-pyrrole nitrogens is 4. The Balaban J connectivity index is 0.000000165. The van der Waals surface area contributed by atoms with Crippen molar-refractivity contribution in [3.05, 3.63) is 95.1 Å². The number of hydrogen-bond acceptors (Lipinski definition) is 11. The third kappa shape index (κ3) is 7.99. The second-order valence-electron chi connectivity index (χ2n) is 14.7. The lowest BCUT2D eigenvalue weighted by atomic mass is 10.1. The molecule has 296 valence electrons. The molecule has 0 atom stereocenters. The van der Waals surface area contributed by atoms with E-state index in [0.29, 0.717) is 110 Å². The zero-order chi connectivity index (χ0) is 41.2. The Kier molecular flexibility index (Phi) is 10.6. The molecule has 15 heteroatoms. The van der Waals surface area contributed by atoms with Crippen LogP contribution in [0.4, 0.5) is 0 Å². The zero-order valence-electron chi connectivity index (χ0n) is 32.4. The van der Waals surface area contributed by atoms with Gasteiger partial charge in [0.2, 0.25) is 11.8 Å². The third-order valence-electron chi connectivity index (χ3n) is 10.4. The van der Waals surface area contributed by atoms with Crippen LogP contribution in [0.25, 0.3) is 66.6 Å². The number of morpholine rings is 1. The molecule has 1 fully saturated rings. The Morgan fingerprint density at radius 2 is 1.19 bits per heavy atom. The van der Waals surface area contributed by atoms with E-state index in [-0.39, 0.29) is 23.3 Å². The van der Waals surface area contributed by atoms with Crippen LogP contribution >= 0.6 is 0 Å². The molecule has 9 rings (SSSR count). The molecule has 1 saturated heterocycles. The number of ketones is 2. The minimum Gasteiger partial charge on any atom is -0.494 e. The first kappa shape index (κ1) is 38.6. The topological polar surface area (TPSA) is 227 Å². The van der Waals surface area contributed by atoms with E-state index in [2.05, 4.69) is 46.9 Å². The first-order valence-corrected chi connectivity index (χ1v) is 19.1. The monoisotopic (exact) mass is 788 g/mol. The molecule has 0 radical (unpaired) electrons. The maximum absolute atomic E-state index is 12.7. The van der Waals surface area contributed by atoms with E-state index in [4.69, 9.17) is 10.00 Å². The van der Waals surface area contributed by atoms with Gasteiger partial charge in [-0.2, -0.15) is 10.5 Å². The number of benzene rings is 4. The number of ether oxygens (including phenoxy) is 1. The molecule has 0 amide bonds. The molecular formula is C44H40N10O5. The molecule has 0 aliphatic carbocycles. The number of carbonyl (C=O) groups is 2. The molecule has 0 saturated carbocycles. The molecule has 4 aromatic carbocycles. The Hall–Kier alpha value is -7.30. The number of nitriles is 2. The average Bonchev–Trinajstić information content (AvgIpc) is 4.02. The highest BCUT2D eigenvalue weighted by molar-refractivity contribution is 6.03. The summed E-state index contributed by atoms with van der Waals surface area (Å²) < 4.78 is 5.35. The van der Waals surface area contributed by atoms with Crippen molar-refractivity contribution in [2.75, 3.05) is 53.5 Å². The summed E-state index contributed by atoms with van der Waals surface area (Å²) in [5.41, 5.74) is 7.52. The van der Waals surface area contributed by atoms with Crippen LogP contribution < -0.4 is 0 Å². The minimum absolute atomic E-state index is 0.0218. The summed E-state index contributed by atoms with van der Waals surface area (Å²) in [5.74, 6) is 1.06. The molecule has 6 N–H and O–H groups in total. The van der Waals surface area contributed by atoms with Crippen LogP contribution in [0.2, 0.25) is 0 Å². The summed E-state index contributed by atoms with van der Waals surface area (Å²) in [6.07, 6.45) is 0.895. The lowest BCUT2D eigenvalue weighted by Crippen LogP contribution is -2.37. The number of rotatable bonds is 10. The Bertz CT molecular complexity index is 2970. The molecule has 8 aromatic rings. The van der Waals surface area contributed by atoms with Gasteiger partial charge in [-0.15, -0.1) is 0 Å². The number of aromatic nitrogens is 6. The number of aromatic hydroxyl groups is 2. The van der Waals surface area contributed by atoms with Crippen LogP contribution in [0.1, 0.15) is 44.7 Å². The van der Waals surface area contributed by atoms with E-state index < -0.39 is 0 Å². The van der Waals surface area contributed by atoms with Crippen molar-refractivity contribution in [1.82, 2.24) is 39.7 Å². The second kappa shape index (κ2) is 16.3. The van der Waals surface area contributed by atoms with Crippen LogP contribution in [0.5, 0.6) is 11.8 Å². The quantitative estimate of drug-likeness (QED) is 0.0808. The highest BCUT2D eigenvalue weighted by atomic mass is 16.5. The fourth-order valence-corrected chi connectivity index (χ4v) is 7.28. The number of nitrogens with zero attached hydrogens (tertiary/aromatic N) is 6. The van der Waals surface area contributed by atoms with Gasteiger partial charge in [0.25, 0.3) is 0 Å². The first-order valence-electron chi connectivity index (χ1n) is 19.1. The third-order valence-corrected chi connectivity index (χ3v) is 10.4. The maximum atomic E-state index is 12.7. The number of Topliss-reactive ketones (excluding diaryl/α,β-unsaturated/α-hetero) is 2. The normalized spacial score (nSPS) is 13.2. The van der Waals surface area contributed by atoms with E-state index in [9.17, 15) is 25.1 Å². The van der Waals surface area contributed by atoms with Gasteiger partial charge in [-0.25, -0.2) is 9.97 Å². The average molecular weight is 789 g/mol. The summed E-state index contributed by atoms with van der Waals surface area (Å²) in [5, 5.41) is 40.6. The Morgan fingerprint density at radius 3 is 1.66 bits per heavy atom. The number of nitrogens with one attached hydrogen (secondary N) is 4. The molecular weight excluding hydrogens is 749 g/mol. The van der Waals surface area contributed by atoms with Gasteiger partial charge in [-0.1, -0.05) is 0 Å². The first-order chi connectivity index (χ1) is 28.6. The van der Waals surface area contributed by atoms with E-state index in [1.807, 2.05) is 25.1 Å². The molecule has 0 bridgehead atoms. The lowest BCUT2D eigenvalue weighted by molar-refractivity contribution is 0.0370. The predicted octanol–water partition coefficient (Wildman–Crippen LogP) is 6.62. The Labute approximate surface area is 337 Å². The van der Waals surface area contributed by atoms with Crippen molar-refractivity contribution in [2.24, 2.45) is 0 Å². The molecule has 15 nitrogen and oxygen atoms in total. The number of aromatic amines is 4. The van der Waals surface area contributed by atoms with Crippen molar-refractivity contribution in [1.29, 1.82) is 10.5 Å². The fraction of sp³-hybridized carbons (Fsp3) is 0.227. The van der Waals surface area contributed by atoms with Crippen molar-refractivity contribution in [2.45, 2.75) is 12.8 Å². The highest BCUT2D eigenvalue weighted by Gasteiger charge is 2.20. The van der Waals surface area contributed by atoms with Gasteiger partial charge in [0, 0.05) is 72.0 Å². The van der Waals surface area contributed by atoms with Crippen LogP contribution in [0.3, 0.4) is 0 Å². The zero-order valence-corrected chi connectivity index (χ0v) is 32.4. The summed E-state index contributed by atoms with van der Waals surface area (Å²) in [6, 6.07) is 25.3. The number of carbonyl (C=O) groups excluding carboxylic acids is 2. The molecule has 1 aliphatic heterocycles. The van der Waals surface area contributed by atoms with E-state index in [1.165, 1.54) is 0 Å². The standard InChI is InChI=1S/C23H21N5O3.C21H19N5O2/c24-13-14-1-3-17-16(11-14)21(23(30)27-17)22-25-18-4-2-15(12-19(18)26-22)20(29)5-6-28-7-9-31-10-8-28;1-26(2)8-7-18(27)13-4-6-16-17(10-13)24-20(23-16)19-14-9-12(11-22)3-5-15(14)25-21(19)28/h1-4,11-12,27,30H,5-10H2,(H,25,26);3-6,9-10,25,28H,7-8H2,1-2H3,(H,23,24). The van der Waals surface area contributed by atoms with E-state index >= 15 is 0 Å². The molecule has 4 aromatic heterocycles. The second-order valence-corrected chi connectivity index (χ2v) is 14.7. The van der Waals surface area contributed by atoms with Gasteiger partial charge in [-0.3, -0.25) is 14.5 Å². The SMILES string of the molecule is CN(C)CCC(=O)c1ccc2nc(-c3c(O)[nH]c4ccc(C#N)cc34)[nH]c2c1.N#Cc1ccc2[nH]c(O)c(-c3nc4ccc(C(=O)CCN5CCOCC5)cc4[nH]3)c2c1. The molecule has 0 spiro atoms. The van der Waals surface area contributed by atoms with Crippen molar-refractivity contribution in [3.8, 4) is 46.7 Å². The van der Waals surface area contributed by atoms with Gasteiger partial charge in [-0.05, 0) is 86.9 Å². The molecule has 59 heavy (non-hydrogen) atoms. The largest absolute Gasteiger partial charge is 0.494 e. The van der Waals surface area contributed by atoms with E-state index in [1.54, 1.807) is 66.7 Å². The van der Waals surface area contributed by atoms with Crippen LogP contribution in [-0.2, 0) is 4.74 Å². The summed E-state index contributed by atoms with van der Waals surface area (Å²) in [7, 11) is 3.87. The number of imidazole rings is 2. The van der Waals surface area contributed by atoms with E-state index in [0.717, 1.165) is 30.7 Å². The van der Waals surface area contributed by atoms with Crippen molar-refractivity contribution < 1.29 is 24.5 Å². The highest BCUT2D eigenvalue weighted by Crippen LogP contribution is 2.38. The van der Waals surface area contributed by atoms with Gasteiger partial charge in [0.1, 0.15) is 11.6 Å². The van der Waals surface area contributed by atoms with Crippen LogP contribution in [0, 0.1) is 22.7 Å². The number of fused-ring (bicyclic) bond motifs is 4. The predicted molar refractivity (Wildman–Crippen MR) is 223 cm³/mol. The van der Waals surface area contributed by atoms with Gasteiger partial charge < -0.3 is 39.8 Å². The van der Waals surface area contributed by atoms with Crippen LogP contribution in [-0.4, -0.2) is 115 Å². The van der Waals surface area contributed by atoms with Crippen LogP contribution in [0.15, 0.2) is 72.8 Å². The maximum Gasteiger partial charge on any atom is 0.200 e. The minimum atomic E-state index is -0.0223. The summed E-state index contributed by atoms with van der Waals surface area (Å²) in [6.45, 7) is 4.56. The molecule has 1 aliphatic rings. The van der Waals surface area contributed by atoms with Crippen molar-refractivity contribution in [3.63, 3.8) is 0 Å². The molecule has 0 unspecified atom stereocenters. The molecule has 5 heterocycles. The smallest absolute Gasteiger partial charge is 0.200 e. The summed E-state index contributed by atoms with van der Waals surface area (Å²) in [4.78, 5) is 50.7. The fourth-order valence-electron chi connectivity index (χ4n) is 7.28. The van der Waals surface area contributed by atoms with Gasteiger partial charge in [0.15, 0.2) is 11.6 Å². The number of hydrogen-bond donors (Lipinski definition) is 6. The van der Waals surface area contributed by atoms with Gasteiger partial charge >= 0.3 is 0 Å². The lowest BCUT2D eigenvalue weighted by Gasteiger charge is -2.26. The Morgan fingerprint density at radius 1 is 0.695 bits per heavy atom. The van der Waals surface area contributed by atoms with Gasteiger partial charge in [0.05, 0.1) is 69.7 Å².